The zero-order chi connectivity index (χ0) is 20.4. The maximum atomic E-state index is 12.6. The lowest BCUT2D eigenvalue weighted by Gasteiger charge is -2.14. The van der Waals surface area contributed by atoms with Crippen molar-refractivity contribution in [2.24, 2.45) is 0 Å². The van der Waals surface area contributed by atoms with Gasteiger partial charge in [-0.2, -0.15) is 5.10 Å². The van der Waals surface area contributed by atoms with Crippen LogP contribution in [0, 0.1) is 6.92 Å². The Bertz CT molecular complexity index is 1230. The zero-order valence-electron chi connectivity index (χ0n) is 16.1. The van der Waals surface area contributed by atoms with Crippen LogP contribution in [0.15, 0.2) is 48.5 Å². The summed E-state index contributed by atoms with van der Waals surface area (Å²) in [5.41, 5.74) is 3.07. The van der Waals surface area contributed by atoms with E-state index >= 15 is 0 Å². The first-order valence-electron chi connectivity index (χ1n) is 9.25. The van der Waals surface area contributed by atoms with Crippen molar-refractivity contribution in [3.8, 4) is 0 Å². The molecule has 2 heterocycles. The van der Waals surface area contributed by atoms with E-state index < -0.39 is 11.9 Å². The van der Waals surface area contributed by atoms with Crippen molar-refractivity contribution in [3.05, 3.63) is 71.0 Å². The van der Waals surface area contributed by atoms with E-state index in [0.717, 1.165) is 16.5 Å². The number of pyridine rings is 1. The van der Waals surface area contributed by atoms with Crippen LogP contribution in [0.3, 0.4) is 0 Å². The lowest BCUT2D eigenvalue weighted by Crippen LogP contribution is -2.15. The number of carbonyl (C=O) groups excluding carboxylic acids is 2. The number of H-pyrrole nitrogens is 1. The number of aryl methyl sites for hydroxylation is 1. The summed E-state index contributed by atoms with van der Waals surface area (Å²) in [5.74, 6) is -1.08. The summed E-state index contributed by atoms with van der Waals surface area (Å²) >= 11 is 0. The van der Waals surface area contributed by atoms with Crippen LogP contribution in [0.1, 0.15) is 39.0 Å². The summed E-state index contributed by atoms with van der Waals surface area (Å²) in [6.45, 7) is 3.65. The van der Waals surface area contributed by atoms with E-state index in [0.29, 0.717) is 22.2 Å². The Labute approximate surface area is 166 Å². The van der Waals surface area contributed by atoms with Gasteiger partial charge in [-0.1, -0.05) is 36.4 Å². The van der Waals surface area contributed by atoms with E-state index in [1.807, 2.05) is 49.4 Å². The maximum absolute atomic E-state index is 12.6. The molecule has 2 aromatic carbocycles. The SMILES string of the molecule is CCOC(=O)c1c(COC(=O)c2n[nH]c3ccccc23)nc2ccccc2c1C. The minimum Gasteiger partial charge on any atom is -0.462 e. The molecule has 0 amide bonds. The first-order chi connectivity index (χ1) is 14.1. The van der Waals surface area contributed by atoms with Crippen molar-refractivity contribution in [1.29, 1.82) is 0 Å². The van der Waals surface area contributed by atoms with Gasteiger partial charge in [0.2, 0.25) is 0 Å². The van der Waals surface area contributed by atoms with Crippen molar-refractivity contribution in [2.45, 2.75) is 20.5 Å². The highest BCUT2D eigenvalue weighted by Gasteiger charge is 2.22. The third kappa shape index (κ3) is 3.42. The number of benzene rings is 2. The molecule has 7 nitrogen and oxygen atoms in total. The Morgan fingerprint density at radius 2 is 1.69 bits per heavy atom. The molecular weight excluding hydrogens is 370 g/mol. The molecule has 0 fully saturated rings. The summed E-state index contributed by atoms with van der Waals surface area (Å²) in [4.78, 5) is 29.7. The van der Waals surface area contributed by atoms with Gasteiger partial charge >= 0.3 is 11.9 Å². The molecule has 0 bridgehead atoms. The number of nitrogens with one attached hydrogen (secondary N) is 1. The smallest absolute Gasteiger partial charge is 0.359 e. The molecular formula is C22H19N3O4. The number of ether oxygens (including phenoxy) is 2. The average molecular weight is 389 g/mol. The van der Waals surface area contributed by atoms with Crippen molar-refractivity contribution in [3.63, 3.8) is 0 Å². The first kappa shape index (κ1) is 18.6. The van der Waals surface area contributed by atoms with Crippen molar-refractivity contribution < 1.29 is 19.1 Å². The van der Waals surface area contributed by atoms with Crippen LogP contribution in [0.2, 0.25) is 0 Å². The number of aromatic amines is 1. The second-order valence-electron chi connectivity index (χ2n) is 6.49. The molecule has 0 saturated heterocycles. The number of carbonyl (C=O) groups is 2. The van der Waals surface area contributed by atoms with Crippen LogP contribution < -0.4 is 0 Å². The lowest BCUT2D eigenvalue weighted by molar-refractivity contribution is 0.0441. The number of aromatic nitrogens is 3. The maximum Gasteiger partial charge on any atom is 0.359 e. The number of hydrogen-bond donors (Lipinski definition) is 1. The predicted octanol–water partition coefficient (Wildman–Crippen LogP) is 3.95. The fraction of sp³-hybridized carbons (Fsp3) is 0.182. The highest BCUT2D eigenvalue weighted by atomic mass is 16.5. The molecule has 146 valence electrons. The third-order valence-corrected chi connectivity index (χ3v) is 4.71. The van der Waals surface area contributed by atoms with Gasteiger partial charge < -0.3 is 9.47 Å². The highest BCUT2D eigenvalue weighted by Crippen LogP contribution is 2.25. The number of esters is 2. The minimum absolute atomic E-state index is 0.167. The normalized spacial score (nSPS) is 11.0. The van der Waals surface area contributed by atoms with Gasteiger partial charge in [-0.25, -0.2) is 14.6 Å². The van der Waals surface area contributed by atoms with Gasteiger partial charge in [-0.05, 0) is 31.5 Å². The molecule has 2 aromatic heterocycles. The molecule has 4 aromatic rings. The number of para-hydroxylation sites is 2. The van der Waals surface area contributed by atoms with Crippen LogP contribution in [-0.2, 0) is 16.1 Å². The van der Waals surface area contributed by atoms with Gasteiger partial charge in [0.05, 0.1) is 28.9 Å². The molecule has 0 aliphatic carbocycles. The Morgan fingerprint density at radius 1 is 0.966 bits per heavy atom. The van der Waals surface area contributed by atoms with Crippen molar-refractivity contribution in [1.82, 2.24) is 15.2 Å². The number of nitrogens with zero attached hydrogens (tertiary/aromatic N) is 2. The van der Waals surface area contributed by atoms with E-state index in [1.165, 1.54) is 0 Å². The van der Waals surface area contributed by atoms with Crippen LogP contribution in [0.25, 0.3) is 21.8 Å². The van der Waals surface area contributed by atoms with Gasteiger partial charge in [-0.3, -0.25) is 5.10 Å². The Hall–Kier alpha value is -3.74. The second-order valence-corrected chi connectivity index (χ2v) is 6.49. The summed E-state index contributed by atoms with van der Waals surface area (Å²) in [6, 6.07) is 14.8. The summed E-state index contributed by atoms with van der Waals surface area (Å²) in [5, 5.41) is 8.38. The molecule has 0 saturated carbocycles. The Kier molecular flexibility index (Phi) is 4.95. The second kappa shape index (κ2) is 7.71. The van der Waals surface area contributed by atoms with E-state index in [1.54, 1.807) is 13.0 Å². The number of hydrogen-bond acceptors (Lipinski definition) is 6. The van der Waals surface area contributed by atoms with E-state index in [-0.39, 0.29) is 18.9 Å². The Morgan fingerprint density at radius 3 is 2.48 bits per heavy atom. The minimum atomic E-state index is -0.593. The highest BCUT2D eigenvalue weighted by molar-refractivity contribution is 6.02. The molecule has 7 heteroatoms. The lowest BCUT2D eigenvalue weighted by atomic mass is 10.0. The predicted molar refractivity (Wildman–Crippen MR) is 108 cm³/mol. The van der Waals surface area contributed by atoms with Crippen LogP contribution >= 0.6 is 0 Å². The van der Waals surface area contributed by atoms with E-state index in [2.05, 4.69) is 15.2 Å². The molecule has 0 unspecified atom stereocenters. The van der Waals surface area contributed by atoms with Crippen molar-refractivity contribution >= 4 is 33.7 Å². The van der Waals surface area contributed by atoms with Gasteiger partial charge in [0.25, 0.3) is 0 Å². The molecule has 0 aliphatic rings. The van der Waals surface area contributed by atoms with Crippen LogP contribution in [0.5, 0.6) is 0 Å². The van der Waals surface area contributed by atoms with Crippen LogP contribution in [-0.4, -0.2) is 33.7 Å². The third-order valence-electron chi connectivity index (χ3n) is 4.71. The fourth-order valence-corrected chi connectivity index (χ4v) is 3.34. The van der Waals surface area contributed by atoms with E-state index in [4.69, 9.17) is 9.47 Å². The first-order valence-corrected chi connectivity index (χ1v) is 9.25. The number of rotatable bonds is 5. The molecule has 0 aliphatic heterocycles. The summed E-state index contributed by atoms with van der Waals surface area (Å²) < 4.78 is 10.7. The summed E-state index contributed by atoms with van der Waals surface area (Å²) in [7, 11) is 0. The fourth-order valence-electron chi connectivity index (χ4n) is 3.34. The molecule has 0 spiro atoms. The monoisotopic (exact) mass is 389 g/mol. The standard InChI is InChI=1S/C22H19N3O4/c1-3-28-21(26)19-13(2)14-8-4-6-10-16(14)23-18(19)12-29-22(27)20-15-9-5-7-11-17(15)24-25-20/h4-11H,3,12H2,1-2H3,(H,24,25). The van der Waals surface area contributed by atoms with E-state index in [9.17, 15) is 9.59 Å². The van der Waals surface area contributed by atoms with Crippen molar-refractivity contribution in [2.75, 3.05) is 6.61 Å². The molecule has 29 heavy (non-hydrogen) atoms. The molecule has 0 radical (unpaired) electrons. The Balaban J connectivity index is 1.68. The zero-order valence-corrected chi connectivity index (χ0v) is 16.1. The van der Waals surface area contributed by atoms with Gasteiger partial charge in [-0.15, -0.1) is 0 Å². The topological polar surface area (TPSA) is 94.2 Å². The molecule has 1 N–H and O–H groups in total. The molecule has 4 rings (SSSR count). The van der Waals surface area contributed by atoms with Gasteiger partial charge in [0.1, 0.15) is 6.61 Å². The van der Waals surface area contributed by atoms with Gasteiger partial charge in [0, 0.05) is 10.8 Å². The van der Waals surface area contributed by atoms with Crippen LogP contribution in [0.4, 0.5) is 0 Å². The van der Waals surface area contributed by atoms with Gasteiger partial charge in [0.15, 0.2) is 5.69 Å². The average Bonchev–Trinajstić information content (AvgIpc) is 3.16. The number of fused-ring (bicyclic) bond motifs is 2. The quantitative estimate of drug-likeness (QED) is 0.519. The summed E-state index contributed by atoms with van der Waals surface area (Å²) in [6.07, 6.45) is 0. The largest absolute Gasteiger partial charge is 0.462 e. The molecule has 0 atom stereocenters.